The molecular formula is C42H29N3. The summed E-state index contributed by atoms with van der Waals surface area (Å²) in [6, 6.07) is 50.9. The first-order chi connectivity index (χ1) is 22.0. The van der Waals surface area contributed by atoms with E-state index in [1.165, 1.54) is 33.0 Å². The van der Waals surface area contributed by atoms with Crippen LogP contribution in [0.3, 0.4) is 0 Å². The average molecular weight is 576 g/mol. The predicted molar refractivity (Wildman–Crippen MR) is 184 cm³/mol. The van der Waals surface area contributed by atoms with Crippen LogP contribution in [-0.2, 0) is 5.41 Å². The summed E-state index contributed by atoms with van der Waals surface area (Å²) in [7, 11) is 0. The van der Waals surface area contributed by atoms with Gasteiger partial charge in [-0.05, 0) is 74.5 Å². The Labute approximate surface area is 263 Å². The molecule has 212 valence electrons. The van der Waals surface area contributed by atoms with E-state index in [0.29, 0.717) is 11.4 Å². The van der Waals surface area contributed by atoms with Gasteiger partial charge in [-0.25, -0.2) is 9.97 Å². The van der Waals surface area contributed by atoms with Crippen LogP contribution in [0.2, 0.25) is 0 Å². The summed E-state index contributed by atoms with van der Waals surface area (Å²) in [6.07, 6.45) is 0. The summed E-state index contributed by atoms with van der Waals surface area (Å²) in [4.78, 5) is 10.2. The highest BCUT2D eigenvalue weighted by Crippen LogP contribution is 2.50. The number of nitrogens with zero attached hydrogens (tertiary/aromatic N) is 3. The van der Waals surface area contributed by atoms with Crippen LogP contribution in [0.5, 0.6) is 0 Å². The Morgan fingerprint density at radius 3 is 1.93 bits per heavy atom. The van der Waals surface area contributed by atoms with Crippen molar-refractivity contribution in [2.24, 2.45) is 0 Å². The molecule has 0 aliphatic heterocycles. The van der Waals surface area contributed by atoms with Crippen molar-refractivity contribution >= 4 is 10.8 Å². The zero-order chi connectivity index (χ0) is 30.5. The molecule has 0 unspecified atom stereocenters. The highest BCUT2D eigenvalue weighted by Gasteiger charge is 2.36. The van der Waals surface area contributed by atoms with Gasteiger partial charge in [-0.2, -0.15) is 5.26 Å². The van der Waals surface area contributed by atoms with Crippen molar-refractivity contribution < 1.29 is 0 Å². The van der Waals surface area contributed by atoms with Crippen LogP contribution < -0.4 is 0 Å². The van der Waals surface area contributed by atoms with Gasteiger partial charge in [0, 0.05) is 22.1 Å². The first kappa shape index (κ1) is 26.8. The lowest BCUT2D eigenvalue weighted by Crippen LogP contribution is -2.15. The molecule has 0 spiro atoms. The molecule has 45 heavy (non-hydrogen) atoms. The summed E-state index contributed by atoms with van der Waals surface area (Å²) >= 11 is 0. The summed E-state index contributed by atoms with van der Waals surface area (Å²) in [5.41, 5.74) is 12.5. The normalized spacial score (nSPS) is 12.8. The molecule has 3 heteroatoms. The van der Waals surface area contributed by atoms with Gasteiger partial charge >= 0.3 is 0 Å². The van der Waals surface area contributed by atoms with Crippen molar-refractivity contribution in [3.05, 3.63) is 156 Å². The number of hydrogen-bond donors (Lipinski definition) is 0. The highest BCUT2D eigenvalue weighted by molar-refractivity contribution is 5.90. The Morgan fingerprint density at radius 1 is 0.489 bits per heavy atom. The topological polar surface area (TPSA) is 49.6 Å². The fourth-order valence-electron chi connectivity index (χ4n) is 6.73. The van der Waals surface area contributed by atoms with Crippen molar-refractivity contribution in [1.29, 1.82) is 5.26 Å². The Balaban J connectivity index is 1.29. The summed E-state index contributed by atoms with van der Waals surface area (Å²) < 4.78 is 0. The maximum absolute atomic E-state index is 9.56. The molecule has 0 bridgehead atoms. The van der Waals surface area contributed by atoms with Crippen LogP contribution in [0.25, 0.3) is 66.9 Å². The van der Waals surface area contributed by atoms with E-state index in [1.807, 2.05) is 30.3 Å². The van der Waals surface area contributed by atoms with E-state index in [1.54, 1.807) is 0 Å². The molecule has 8 rings (SSSR count). The molecule has 1 heterocycles. The SMILES string of the molecule is CC1(C)c2cc(C#N)ccc2-c2ccc(-c3ccccc3-c3cc(-c4ccc5ccccc5c4)nc(-c4ccccc4)n3)cc21. The lowest BCUT2D eigenvalue weighted by molar-refractivity contribution is 0.660. The number of hydrogen-bond acceptors (Lipinski definition) is 3. The fraction of sp³-hybridized carbons (Fsp3) is 0.0714. The molecule has 1 aliphatic rings. The molecule has 0 atom stereocenters. The van der Waals surface area contributed by atoms with E-state index in [2.05, 4.69) is 129 Å². The van der Waals surface area contributed by atoms with Crippen molar-refractivity contribution in [2.45, 2.75) is 19.3 Å². The van der Waals surface area contributed by atoms with Crippen molar-refractivity contribution in [3.8, 4) is 62.2 Å². The van der Waals surface area contributed by atoms with Crippen LogP contribution in [0.1, 0.15) is 30.5 Å². The molecule has 0 amide bonds. The second-order valence-corrected chi connectivity index (χ2v) is 12.2. The van der Waals surface area contributed by atoms with Crippen molar-refractivity contribution in [3.63, 3.8) is 0 Å². The Hall–Kier alpha value is -5.85. The van der Waals surface area contributed by atoms with E-state index < -0.39 is 0 Å². The largest absolute Gasteiger partial charge is 0.228 e. The Kier molecular flexibility index (Phi) is 6.18. The first-order valence-electron chi connectivity index (χ1n) is 15.2. The molecular weight excluding hydrogens is 546 g/mol. The zero-order valence-electron chi connectivity index (χ0n) is 25.1. The summed E-state index contributed by atoms with van der Waals surface area (Å²) in [6.45, 7) is 4.50. The van der Waals surface area contributed by atoms with E-state index in [4.69, 9.17) is 9.97 Å². The van der Waals surface area contributed by atoms with Crippen LogP contribution in [0.15, 0.2) is 140 Å². The fourth-order valence-corrected chi connectivity index (χ4v) is 6.73. The molecule has 3 nitrogen and oxygen atoms in total. The molecule has 0 fully saturated rings. The van der Waals surface area contributed by atoms with Crippen LogP contribution in [-0.4, -0.2) is 9.97 Å². The summed E-state index contributed by atoms with van der Waals surface area (Å²) in [5.74, 6) is 0.699. The molecule has 7 aromatic rings. The van der Waals surface area contributed by atoms with Crippen LogP contribution in [0, 0.1) is 11.3 Å². The van der Waals surface area contributed by atoms with E-state index >= 15 is 0 Å². The number of rotatable bonds is 4. The second-order valence-electron chi connectivity index (χ2n) is 12.2. The third kappa shape index (κ3) is 4.51. The molecule has 1 aliphatic carbocycles. The molecule has 0 N–H and O–H groups in total. The van der Waals surface area contributed by atoms with Gasteiger partial charge in [-0.15, -0.1) is 0 Å². The van der Waals surface area contributed by atoms with E-state index in [0.717, 1.165) is 39.2 Å². The quantitative estimate of drug-likeness (QED) is 0.210. The highest BCUT2D eigenvalue weighted by atomic mass is 14.9. The minimum Gasteiger partial charge on any atom is -0.228 e. The van der Waals surface area contributed by atoms with Crippen molar-refractivity contribution in [1.82, 2.24) is 9.97 Å². The van der Waals surface area contributed by atoms with Gasteiger partial charge in [0.2, 0.25) is 0 Å². The monoisotopic (exact) mass is 575 g/mol. The number of aromatic nitrogens is 2. The smallest absolute Gasteiger partial charge is 0.160 e. The molecule has 6 aromatic carbocycles. The van der Waals surface area contributed by atoms with Gasteiger partial charge in [-0.1, -0.05) is 123 Å². The van der Waals surface area contributed by atoms with Crippen molar-refractivity contribution in [2.75, 3.05) is 0 Å². The number of benzene rings is 6. The maximum atomic E-state index is 9.56. The third-order valence-corrected chi connectivity index (χ3v) is 9.12. The van der Waals surface area contributed by atoms with Gasteiger partial charge in [0.1, 0.15) is 0 Å². The van der Waals surface area contributed by atoms with Gasteiger partial charge in [0.05, 0.1) is 23.0 Å². The van der Waals surface area contributed by atoms with Gasteiger partial charge in [-0.3, -0.25) is 0 Å². The predicted octanol–water partition coefficient (Wildman–Crippen LogP) is 10.5. The standard InChI is InChI=1S/C42H29N3/c1-42(2)37-22-27(26-43)16-20-34(37)35-21-19-31(24-38(35)42)33-14-8-9-15-36(33)40-25-39(44-41(45-40)29-11-4-3-5-12-29)32-18-17-28-10-6-7-13-30(28)23-32/h3-25H,1-2H3. The molecule has 0 saturated heterocycles. The van der Waals surface area contributed by atoms with Gasteiger partial charge < -0.3 is 0 Å². The second kappa shape index (κ2) is 10.4. The van der Waals surface area contributed by atoms with Crippen LogP contribution >= 0.6 is 0 Å². The number of nitriles is 1. The minimum absolute atomic E-state index is 0.221. The van der Waals surface area contributed by atoms with E-state index in [9.17, 15) is 5.26 Å². The first-order valence-corrected chi connectivity index (χ1v) is 15.2. The lowest BCUT2D eigenvalue weighted by atomic mass is 9.81. The Bertz CT molecular complexity index is 2310. The number of fused-ring (bicyclic) bond motifs is 4. The summed E-state index contributed by atoms with van der Waals surface area (Å²) in [5, 5.41) is 11.9. The molecule has 1 aromatic heterocycles. The molecule has 0 saturated carbocycles. The van der Waals surface area contributed by atoms with Gasteiger partial charge in [0.25, 0.3) is 0 Å². The van der Waals surface area contributed by atoms with Crippen LogP contribution in [0.4, 0.5) is 0 Å². The van der Waals surface area contributed by atoms with E-state index in [-0.39, 0.29) is 5.41 Å². The average Bonchev–Trinajstić information content (AvgIpc) is 3.33. The zero-order valence-corrected chi connectivity index (χ0v) is 25.1. The van der Waals surface area contributed by atoms with Gasteiger partial charge in [0.15, 0.2) is 5.82 Å². The maximum Gasteiger partial charge on any atom is 0.160 e. The Morgan fingerprint density at radius 2 is 1.13 bits per heavy atom. The molecule has 0 radical (unpaired) electrons. The minimum atomic E-state index is -0.221. The third-order valence-electron chi connectivity index (χ3n) is 9.12. The lowest BCUT2D eigenvalue weighted by Gasteiger charge is -2.22.